The van der Waals surface area contributed by atoms with Gasteiger partial charge >= 0.3 is 5.97 Å². The van der Waals surface area contributed by atoms with Gasteiger partial charge in [0, 0.05) is 41.7 Å². The molecule has 0 aromatic carbocycles. The molecule has 4 aliphatic heterocycles. The average Bonchev–Trinajstić information content (AvgIpc) is 3.12. The van der Waals surface area contributed by atoms with E-state index < -0.39 is 18.0 Å². The van der Waals surface area contributed by atoms with Crippen molar-refractivity contribution in [2.24, 2.45) is 17.8 Å². The molecule has 154 valence electrons. The summed E-state index contributed by atoms with van der Waals surface area (Å²) in [6, 6.07) is 0.179. The zero-order chi connectivity index (χ0) is 20.2. The van der Waals surface area contributed by atoms with Gasteiger partial charge in [-0.3, -0.25) is 10.2 Å². The molecule has 0 radical (unpaired) electrons. The monoisotopic (exact) mass is 408 g/mol. The molecule has 0 aliphatic carbocycles. The highest BCUT2D eigenvalue weighted by atomic mass is 32.2. The fraction of sp³-hybridized carbons (Fsp3) is 0.737. The van der Waals surface area contributed by atoms with Gasteiger partial charge in [-0.2, -0.15) is 0 Å². The molecule has 4 heterocycles. The van der Waals surface area contributed by atoms with Crippen LogP contribution in [0.25, 0.3) is 0 Å². The van der Waals surface area contributed by atoms with Gasteiger partial charge < -0.3 is 25.3 Å². The van der Waals surface area contributed by atoms with Gasteiger partial charge in [0.25, 0.3) is 0 Å². The Morgan fingerprint density at radius 3 is 2.79 bits per heavy atom. The van der Waals surface area contributed by atoms with Crippen LogP contribution in [0.4, 0.5) is 0 Å². The lowest BCUT2D eigenvalue weighted by Gasteiger charge is -2.46. The second-order valence-electron chi connectivity index (χ2n) is 8.54. The topological polar surface area (TPSA) is 117 Å². The first-order valence-corrected chi connectivity index (χ1v) is 10.8. The van der Waals surface area contributed by atoms with Crippen LogP contribution in [0.15, 0.2) is 10.6 Å². The van der Waals surface area contributed by atoms with Gasteiger partial charge in [-0.1, -0.05) is 6.92 Å². The minimum Gasteiger partial charge on any atom is -0.477 e. The number of hydrogen-bond donors (Lipinski definition) is 4. The van der Waals surface area contributed by atoms with Crippen LogP contribution < -0.4 is 5.32 Å². The molecule has 3 saturated heterocycles. The van der Waals surface area contributed by atoms with Gasteiger partial charge in [-0.05, 0) is 25.7 Å². The first kappa shape index (κ1) is 19.7. The fourth-order valence-electron chi connectivity index (χ4n) is 5.18. The van der Waals surface area contributed by atoms with Crippen molar-refractivity contribution < 1.29 is 19.8 Å². The van der Waals surface area contributed by atoms with Crippen molar-refractivity contribution in [1.29, 1.82) is 5.41 Å². The Morgan fingerprint density at radius 1 is 1.46 bits per heavy atom. The Hall–Kier alpha value is -1.58. The summed E-state index contributed by atoms with van der Waals surface area (Å²) in [7, 11) is 0. The van der Waals surface area contributed by atoms with Crippen LogP contribution >= 0.6 is 11.8 Å². The van der Waals surface area contributed by atoms with Gasteiger partial charge in [0.05, 0.1) is 24.4 Å². The Balaban J connectivity index is 1.41. The SMILES string of the molecule is C[C@@H](O)[C@H]1C(=O)N2C(C(=O)O)=C(S[C@@H]3CN[C@H](CC4CN(C=N)C4)C3)[C@H](C)[C@H]12. The zero-order valence-corrected chi connectivity index (χ0v) is 17.0. The molecule has 4 rings (SSSR count). The van der Waals surface area contributed by atoms with Crippen LogP contribution in [-0.2, 0) is 9.59 Å². The number of aliphatic hydroxyl groups is 1. The molecule has 3 fully saturated rings. The van der Waals surface area contributed by atoms with Crippen molar-refractivity contribution >= 4 is 30.0 Å². The quantitative estimate of drug-likeness (QED) is 0.276. The van der Waals surface area contributed by atoms with Crippen molar-refractivity contribution in [3.63, 3.8) is 0 Å². The van der Waals surface area contributed by atoms with Crippen LogP contribution in [0.5, 0.6) is 0 Å². The van der Waals surface area contributed by atoms with Crippen molar-refractivity contribution in [1.82, 2.24) is 15.1 Å². The van der Waals surface area contributed by atoms with E-state index in [1.165, 1.54) is 11.2 Å². The van der Waals surface area contributed by atoms with Crippen molar-refractivity contribution in [2.45, 2.75) is 50.1 Å². The molecule has 0 unspecified atom stereocenters. The van der Waals surface area contributed by atoms with Gasteiger partial charge in [0.2, 0.25) is 5.91 Å². The number of β-lactam (4-membered cyclic amide) rings is 1. The van der Waals surface area contributed by atoms with E-state index in [9.17, 15) is 19.8 Å². The van der Waals surface area contributed by atoms with Gasteiger partial charge in [0.15, 0.2) is 0 Å². The lowest BCUT2D eigenvalue weighted by atomic mass is 9.79. The van der Waals surface area contributed by atoms with Crippen molar-refractivity contribution in [3.8, 4) is 0 Å². The summed E-state index contributed by atoms with van der Waals surface area (Å²) in [5.41, 5.74) is 0.119. The number of amides is 1. The number of hydrogen-bond acceptors (Lipinski definition) is 6. The molecule has 1 amide bonds. The number of rotatable bonds is 7. The Morgan fingerprint density at radius 2 is 2.18 bits per heavy atom. The molecule has 6 atom stereocenters. The molecular weight excluding hydrogens is 380 g/mol. The van der Waals surface area contributed by atoms with E-state index in [0.29, 0.717) is 12.0 Å². The highest BCUT2D eigenvalue weighted by Crippen LogP contribution is 2.51. The molecule has 4 aliphatic rings. The third-order valence-corrected chi connectivity index (χ3v) is 8.08. The third kappa shape index (κ3) is 3.13. The predicted molar refractivity (Wildman–Crippen MR) is 106 cm³/mol. The number of thioether (sulfide) groups is 1. The number of likely N-dealkylation sites (tertiary alicyclic amines) is 1. The second kappa shape index (κ2) is 7.35. The van der Waals surface area contributed by atoms with Crippen LogP contribution in [0, 0.1) is 23.2 Å². The molecule has 0 spiro atoms. The molecule has 0 bridgehead atoms. The summed E-state index contributed by atoms with van der Waals surface area (Å²) in [4.78, 5) is 28.5. The summed E-state index contributed by atoms with van der Waals surface area (Å²) in [5.74, 6) is -1.29. The Labute approximate surface area is 168 Å². The Bertz CT molecular complexity index is 721. The second-order valence-corrected chi connectivity index (χ2v) is 9.88. The summed E-state index contributed by atoms with van der Waals surface area (Å²) in [5, 5.41) is 30.8. The maximum atomic E-state index is 12.4. The molecule has 0 aromatic heterocycles. The number of carbonyl (C=O) groups excluding carboxylic acids is 1. The normalized spacial score (nSPS) is 36.2. The first-order valence-electron chi connectivity index (χ1n) is 9.95. The number of carboxylic acid groups (broad SMARTS) is 1. The molecular formula is C19H28N4O4S. The maximum Gasteiger partial charge on any atom is 0.353 e. The number of aliphatic carboxylic acids is 1. The number of nitrogens with one attached hydrogen (secondary N) is 2. The number of nitrogens with zero attached hydrogens (tertiary/aromatic N) is 2. The molecule has 0 aromatic rings. The van der Waals surface area contributed by atoms with E-state index in [4.69, 9.17) is 5.41 Å². The number of aliphatic hydroxyl groups excluding tert-OH is 1. The van der Waals surface area contributed by atoms with E-state index in [-0.39, 0.29) is 28.8 Å². The molecule has 9 heteroatoms. The summed E-state index contributed by atoms with van der Waals surface area (Å²) >= 11 is 1.60. The molecule has 28 heavy (non-hydrogen) atoms. The van der Waals surface area contributed by atoms with Crippen LogP contribution in [0.2, 0.25) is 0 Å². The van der Waals surface area contributed by atoms with E-state index >= 15 is 0 Å². The number of carboxylic acids is 1. The third-order valence-electron chi connectivity index (χ3n) is 6.57. The average molecular weight is 409 g/mol. The maximum absolute atomic E-state index is 12.4. The fourth-order valence-corrected chi connectivity index (χ4v) is 6.69. The minimum absolute atomic E-state index is 0.0692. The summed E-state index contributed by atoms with van der Waals surface area (Å²) in [6.07, 6.45) is 2.69. The molecule has 8 nitrogen and oxygen atoms in total. The lowest BCUT2D eigenvalue weighted by molar-refractivity contribution is -0.163. The Kier molecular flexibility index (Phi) is 5.18. The minimum atomic E-state index is -1.06. The van der Waals surface area contributed by atoms with Gasteiger partial charge in [-0.25, -0.2) is 4.79 Å². The number of carbonyl (C=O) groups is 2. The largest absolute Gasteiger partial charge is 0.477 e. The highest BCUT2D eigenvalue weighted by Gasteiger charge is 2.60. The van der Waals surface area contributed by atoms with E-state index in [2.05, 4.69) is 5.32 Å². The van der Waals surface area contributed by atoms with Gasteiger partial charge in [0.1, 0.15) is 5.70 Å². The molecule has 0 saturated carbocycles. The standard InChI is InChI=1S/C19H28N4O4S/c1-9-15-14(10(2)24)18(25)23(15)16(19(26)27)17(9)28-13-4-12(21-5-13)3-11-6-22(7-11)8-20/h8-15,20-21,24H,3-7H2,1-2H3,(H,26,27)/t9-,10-,12-,13+,14-,15-/m1/s1. The first-order chi connectivity index (χ1) is 13.3. The highest BCUT2D eigenvalue weighted by molar-refractivity contribution is 8.03. The van der Waals surface area contributed by atoms with Gasteiger partial charge in [-0.15, -0.1) is 11.8 Å². The van der Waals surface area contributed by atoms with E-state index in [0.717, 1.165) is 37.4 Å². The smallest absolute Gasteiger partial charge is 0.353 e. The van der Waals surface area contributed by atoms with Crippen LogP contribution in [-0.4, -0.2) is 81.3 Å². The van der Waals surface area contributed by atoms with E-state index in [1.807, 2.05) is 11.8 Å². The summed E-state index contributed by atoms with van der Waals surface area (Å²) < 4.78 is 0. The summed E-state index contributed by atoms with van der Waals surface area (Å²) in [6.45, 7) is 6.30. The number of fused-ring (bicyclic) bond motifs is 1. The lowest BCUT2D eigenvalue weighted by Crippen LogP contribution is -2.63. The van der Waals surface area contributed by atoms with Crippen LogP contribution in [0.1, 0.15) is 26.7 Å². The molecule has 4 N–H and O–H groups in total. The van der Waals surface area contributed by atoms with Crippen LogP contribution in [0.3, 0.4) is 0 Å². The van der Waals surface area contributed by atoms with Crippen molar-refractivity contribution in [3.05, 3.63) is 10.6 Å². The zero-order valence-electron chi connectivity index (χ0n) is 16.2. The van der Waals surface area contributed by atoms with Crippen molar-refractivity contribution in [2.75, 3.05) is 19.6 Å². The van der Waals surface area contributed by atoms with E-state index in [1.54, 1.807) is 18.7 Å². The predicted octanol–water partition coefficient (Wildman–Crippen LogP) is 0.533.